The summed E-state index contributed by atoms with van der Waals surface area (Å²) in [4.78, 5) is 66.3. The molecule has 2 amide bonds. The molecular weight excluding hydrogens is 1130 g/mol. The molecule has 12 N–H and O–H groups in total. The molecule has 0 aliphatic carbocycles. The number of nitrogen functional groups attached to an aromatic ring is 2. The Bertz CT molecular complexity index is 3260. The standard InChI is InChI=1S/2C27H33N7O7S/c2*1-29-15-19-3-2-4-21-25(19)41-14-13-40-12-10-30-9-11-34(17-23(35)36)42(38,39)20-7-5-18(6-8-20)22-16-31-26(28)24(32-22)27(37)33-21/h2*2-8,16,29-30H,9-15,17H2,1H3,(H2,28,31)(H,33,37)(H,35,36). The summed E-state index contributed by atoms with van der Waals surface area (Å²) in [5, 5.41) is 36.6. The van der Waals surface area contributed by atoms with Gasteiger partial charge in [-0.25, -0.2) is 36.8 Å². The topological polar surface area (TPSA) is 396 Å². The normalized spacial score (nSPS) is 16.7. The van der Waals surface area contributed by atoms with E-state index in [0.29, 0.717) is 73.4 Å². The third-order valence-corrected chi connectivity index (χ3v) is 16.2. The van der Waals surface area contributed by atoms with E-state index in [0.717, 1.165) is 19.7 Å². The molecule has 2 aromatic heterocycles. The van der Waals surface area contributed by atoms with Gasteiger partial charge in [-0.15, -0.1) is 0 Å². The number of benzene rings is 4. The fraction of sp³-hybridized carbons (Fsp3) is 0.333. The molecule has 0 unspecified atom stereocenters. The molecule has 6 aromatic rings. The van der Waals surface area contributed by atoms with Crippen molar-refractivity contribution in [2.75, 3.05) is 128 Å². The maximum Gasteiger partial charge on any atom is 0.318 e. The number of nitrogens with zero attached hydrogens (tertiary/aromatic N) is 6. The Kier molecular flexibility index (Phi) is 22.8. The minimum absolute atomic E-state index is 0.0631. The Morgan fingerprint density at radius 3 is 1.33 bits per heavy atom. The number of nitrogens with two attached hydrogens (primary N) is 2. The lowest BCUT2D eigenvalue weighted by atomic mass is 10.1. The number of hydrogen-bond acceptors (Lipinski definition) is 22. The van der Waals surface area contributed by atoms with Gasteiger partial charge in [0.1, 0.15) is 37.8 Å². The summed E-state index contributed by atoms with van der Waals surface area (Å²) in [6.45, 7) is 2.23. The zero-order valence-electron chi connectivity index (χ0n) is 46.0. The van der Waals surface area contributed by atoms with E-state index < -0.39 is 56.9 Å². The molecular formula is C54H66N14O14S2. The van der Waals surface area contributed by atoms with Crippen molar-refractivity contribution < 1.29 is 65.2 Å². The summed E-state index contributed by atoms with van der Waals surface area (Å²) in [6, 6.07) is 22.2. The van der Waals surface area contributed by atoms with Gasteiger partial charge in [-0.05, 0) is 50.5 Å². The molecule has 0 radical (unpaired) electrons. The molecule has 0 fully saturated rings. The second-order valence-electron chi connectivity index (χ2n) is 18.5. The zero-order valence-corrected chi connectivity index (χ0v) is 47.6. The van der Waals surface area contributed by atoms with Crippen LogP contribution in [0.3, 0.4) is 0 Å². The van der Waals surface area contributed by atoms with Crippen molar-refractivity contribution in [2.24, 2.45) is 0 Å². The van der Waals surface area contributed by atoms with Crippen LogP contribution in [-0.2, 0) is 52.2 Å². The summed E-state index contributed by atoms with van der Waals surface area (Å²) >= 11 is 0. The van der Waals surface area contributed by atoms with Gasteiger partial charge in [0.25, 0.3) is 11.8 Å². The first kappa shape index (κ1) is 63.3. The largest absolute Gasteiger partial charge is 0.489 e. The summed E-state index contributed by atoms with van der Waals surface area (Å²) in [6.07, 6.45) is 2.75. The monoisotopic (exact) mass is 1200 g/mol. The van der Waals surface area contributed by atoms with E-state index >= 15 is 0 Å². The number of carbonyl (C=O) groups excluding carboxylic acids is 2. The number of ether oxygens (including phenoxy) is 4. The molecule has 4 aromatic carbocycles. The molecule has 4 aliphatic rings. The van der Waals surface area contributed by atoms with Gasteiger partial charge >= 0.3 is 11.9 Å². The van der Waals surface area contributed by atoms with Crippen LogP contribution in [0.5, 0.6) is 11.5 Å². The second kappa shape index (κ2) is 30.3. The fourth-order valence-electron chi connectivity index (χ4n) is 8.46. The number of carboxylic acid groups (broad SMARTS) is 2. The maximum atomic E-state index is 13.3. The highest BCUT2D eigenvalue weighted by Gasteiger charge is 2.29. The first-order valence-electron chi connectivity index (χ1n) is 26.3. The number of para-hydroxylation sites is 2. The van der Waals surface area contributed by atoms with Crippen LogP contribution in [0.2, 0.25) is 0 Å². The number of carbonyl (C=O) groups is 4. The van der Waals surface area contributed by atoms with Crippen molar-refractivity contribution in [1.29, 1.82) is 0 Å². The molecule has 4 aliphatic heterocycles. The van der Waals surface area contributed by atoms with Gasteiger partial charge in [0.05, 0.1) is 71.4 Å². The van der Waals surface area contributed by atoms with Crippen LogP contribution in [-0.4, -0.2) is 185 Å². The van der Waals surface area contributed by atoms with Crippen molar-refractivity contribution >= 4 is 66.8 Å². The van der Waals surface area contributed by atoms with Crippen molar-refractivity contribution in [1.82, 2.24) is 49.8 Å². The van der Waals surface area contributed by atoms with Gasteiger partial charge in [-0.1, -0.05) is 48.5 Å². The Morgan fingerprint density at radius 2 is 0.964 bits per heavy atom. The zero-order chi connectivity index (χ0) is 60.2. The van der Waals surface area contributed by atoms with Crippen LogP contribution in [0.25, 0.3) is 22.5 Å². The Morgan fingerprint density at radius 1 is 0.571 bits per heavy atom. The molecule has 0 atom stereocenters. The van der Waals surface area contributed by atoms with Gasteiger partial charge in [-0.3, -0.25) is 19.2 Å². The first-order valence-corrected chi connectivity index (χ1v) is 29.2. The van der Waals surface area contributed by atoms with Crippen LogP contribution < -0.4 is 52.8 Å². The van der Waals surface area contributed by atoms with Gasteiger partial charge < -0.3 is 72.5 Å². The fourth-order valence-corrected chi connectivity index (χ4v) is 11.2. The number of anilines is 4. The number of hydrogen-bond donors (Lipinski definition) is 10. The lowest BCUT2D eigenvalue weighted by Crippen LogP contribution is -2.40. The molecule has 30 heteroatoms. The summed E-state index contributed by atoms with van der Waals surface area (Å²) in [7, 11) is -4.64. The molecule has 6 heterocycles. The van der Waals surface area contributed by atoms with E-state index in [-0.39, 0.29) is 96.8 Å². The van der Waals surface area contributed by atoms with E-state index in [1.165, 1.54) is 60.9 Å². The van der Waals surface area contributed by atoms with Crippen LogP contribution in [0.4, 0.5) is 23.0 Å². The van der Waals surface area contributed by atoms with Gasteiger partial charge in [0.15, 0.2) is 23.0 Å². The maximum absolute atomic E-state index is 13.3. The Labute approximate surface area is 484 Å². The van der Waals surface area contributed by atoms with E-state index in [4.69, 9.17) is 30.4 Å². The average Bonchev–Trinajstić information content (AvgIpc) is 3.43. The van der Waals surface area contributed by atoms with E-state index in [1.54, 1.807) is 38.4 Å². The lowest BCUT2D eigenvalue weighted by molar-refractivity contribution is -0.138. The number of amides is 2. The van der Waals surface area contributed by atoms with E-state index in [9.17, 15) is 46.2 Å². The highest BCUT2D eigenvalue weighted by Crippen LogP contribution is 2.32. The summed E-state index contributed by atoms with van der Waals surface area (Å²) < 4.78 is 78.0. The molecule has 0 saturated heterocycles. The van der Waals surface area contributed by atoms with Gasteiger partial charge in [0, 0.05) is 74.6 Å². The summed E-state index contributed by atoms with van der Waals surface area (Å²) in [5.74, 6) is -3.01. The predicted octanol–water partition coefficient (Wildman–Crippen LogP) is 1.54. The van der Waals surface area contributed by atoms with Crippen LogP contribution >= 0.6 is 0 Å². The predicted molar refractivity (Wildman–Crippen MR) is 309 cm³/mol. The van der Waals surface area contributed by atoms with Crippen molar-refractivity contribution in [2.45, 2.75) is 22.9 Å². The number of aromatic nitrogens is 4. The Hall–Kier alpha value is -8.30. The minimum Gasteiger partial charge on any atom is -0.489 e. The molecule has 0 spiro atoms. The number of nitrogens with one attached hydrogen (secondary N) is 6. The average molecular weight is 1200 g/mol. The highest BCUT2D eigenvalue weighted by atomic mass is 32.2. The molecule has 84 heavy (non-hydrogen) atoms. The van der Waals surface area contributed by atoms with Gasteiger partial charge in [-0.2, -0.15) is 8.61 Å². The third kappa shape index (κ3) is 16.9. The molecule has 8 bridgehead atoms. The van der Waals surface area contributed by atoms with E-state index in [2.05, 4.69) is 51.8 Å². The van der Waals surface area contributed by atoms with E-state index in [1.807, 2.05) is 12.1 Å². The number of fused-ring (bicyclic) bond motifs is 26. The molecule has 10 rings (SSSR count). The number of carboxylic acids is 2. The number of sulfonamides is 2. The van der Waals surface area contributed by atoms with Crippen LogP contribution in [0.1, 0.15) is 32.1 Å². The van der Waals surface area contributed by atoms with Crippen LogP contribution in [0.15, 0.2) is 107 Å². The lowest BCUT2D eigenvalue weighted by Gasteiger charge is -2.21. The highest BCUT2D eigenvalue weighted by molar-refractivity contribution is 7.89. The molecule has 28 nitrogen and oxygen atoms in total. The number of aliphatic carboxylic acids is 2. The van der Waals surface area contributed by atoms with Crippen molar-refractivity contribution in [3.63, 3.8) is 0 Å². The molecule has 0 saturated carbocycles. The minimum atomic E-state index is -4.12. The quantitative estimate of drug-likeness (QED) is 0.0966. The summed E-state index contributed by atoms with van der Waals surface area (Å²) in [5.41, 5.74) is 15.8. The first-order chi connectivity index (χ1) is 40.4. The second-order valence-corrected chi connectivity index (χ2v) is 22.3. The molecule has 448 valence electrons. The smallest absolute Gasteiger partial charge is 0.318 e. The SMILES string of the molecule is CNCc1cccc2c1OCCOCCNCCN(CC(=O)O)S(=O)(=O)c1ccc(cc1)-c1cnc(N)c(n1)C(=O)N2.CNCc1cccc2c1OCCOCCNCCN(CC(=O)O)S(=O)(=O)c1ccc(cc1)-c1cnc(N)c(n1)C(=O)N2. The number of rotatable bonds is 8. The third-order valence-electron chi connectivity index (χ3n) is 12.5. The van der Waals surface area contributed by atoms with Gasteiger partial charge in [0.2, 0.25) is 20.0 Å². The van der Waals surface area contributed by atoms with Crippen LogP contribution in [0, 0.1) is 0 Å². The van der Waals surface area contributed by atoms with Crippen molar-refractivity contribution in [3.05, 3.63) is 120 Å². The van der Waals surface area contributed by atoms with Crippen molar-refractivity contribution in [3.8, 4) is 34.0 Å². The Balaban J connectivity index is 0.000000241.